The summed E-state index contributed by atoms with van der Waals surface area (Å²) in [5.74, 6) is 0.680. The zero-order chi connectivity index (χ0) is 12.0. The molecule has 4 nitrogen and oxygen atoms in total. The van der Waals surface area contributed by atoms with Gasteiger partial charge in [0.25, 0.3) is 0 Å². The topological polar surface area (TPSA) is 72.2 Å². The van der Waals surface area contributed by atoms with Crippen LogP contribution < -0.4 is 11.1 Å². The second kappa shape index (κ2) is 6.35. The van der Waals surface area contributed by atoms with Gasteiger partial charge in [0.05, 0.1) is 0 Å². The van der Waals surface area contributed by atoms with E-state index in [0.717, 1.165) is 32.1 Å². The highest BCUT2D eigenvalue weighted by Gasteiger charge is 2.31. The normalized spacial score (nSPS) is 20.6. The van der Waals surface area contributed by atoms with Crippen molar-refractivity contribution < 1.29 is 9.00 Å². The lowest BCUT2D eigenvalue weighted by Crippen LogP contribution is -2.42. The number of carbonyl (C=O) groups is 1. The first-order chi connectivity index (χ1) is 7.52. The number of carbonyl (C=O) groups excluding carboxylic acids is 1. The molecule has 1 fully saturated rings. The van der Waals surface area contributed by atoms with E-state index in [4.69, 9.17) is 5.73 Å². The van der Waals surface area contributed by atoms with Gasteiger partial charge < -0.3 is 11.1 Å². The molecule has 0 aromatic heterocycles. The minimum absolute atomic E-state index is 0.0336. The van der Waals surface area contributed by atoms with Crippen molar-refractivity contribution in [2.45, 2.75) is 44.1 Å². The molecule has 3 N–H and O–H groups in total. The molecule has 0 aromatic rings. The van der Waals surface area contributed by atoms with E-state index < -0.39 is 10.8 Å². The summed E-state index contributed by atoms with van der Waals surface area (Å²) in [6.45, 7) is 0.606. The molecule has 0 bridgehead atoms. The van der Waals surface area contributed by atoms with Gasteiger partial charge in [-0.05, 0) is 19.3 Å². The molecule has 0 spiro atoms. The number of amides is 1. The highest BCUT2D eigenvalue weighted by atomic mass is 32.2. The number of rotatable bonds is 6. The monoisotopic (exact) mass is 246 g/mol. The Labute approximate surface area is 99.8 Å². The van der Waals surface area contributed by atoms with Gasteiger partial charge in [0.15, 0.2) is 0 Å². The molecule has 16 heavy (non-hydrogen) atoms. The van der Waals surface area contributed by atoms with Crippen molar-refractivity contribution in [1.29, 1.82) is 0 Å². The third-order valence-corrected chi connectivity index (χ3v) is 3.91. The SMILES string of the molecule is CS(=O)CCCNC(=O)CC1(N)CCCC1. The Kier molecular flexibility index (Phi) is 5.41. The fourth-order valence-corrected chi connectivity index (χ4v) is 2.69. The molecule has 0 aromatic carbocycles. The number of hydrogen-bond acceptors (Lipinski definition) is 3. The largest absolute Gasteiger partial charge is 0.356 e. The van der Waals surface area contributed by atoms with Crippen LogP contribution >= 0.6 is 0 Å². The molecule has 0 saturated heterocycles. The molecule has 1 unspecified atom stereocenters. The average Bonchev–Trinajstić information content (AvgIpc) is 2.59. The Hall–Kier alpha value is -0.420. The van der Waals surface area contributed by atoms with E-state index >= 15 is 0 Å². The zero-order valence-electron chi connectivity index (χ0n) is 9.96. The fraction of sp³-hybridized carbons (Fsp3) is 0.909. The molecule has 1 amide bonds. The van der Waals surface area contributed by atoms with E-state index in [0.29, 0.717) is 18.7 Å². The van der Waals surface area contributed by atoms with E-state index in [-0.39, 0.29) is 11.4 Å². The number of nitrogens with two attached hydrogens (primary N) is 1. The van der Waals surface area contributed by atoms with Crippen molar-refractivity contribution in [3.05, 3.63) is 0 Å². The standard InChI is InChI=1S/C11H22N2O2S/c1-16(15)8-4-7-13-10(14)9-11(12)5-2-3-6-11/h2-9,12H2,1H3,(H,13,14). The molecule has 0 radical (unpaired) electrons. The van der Waals surface area contributed by atoms with Crippen LogP contribution in [0.5, 0.6) is 0 Å². The van der Waals surface area contributed by atoms with Gasteiger partial charge in [-0.2, -0.15) is 0 Å². The Morgan fingerprint density at radius 3 is 2.62 bits per heavy atom. The van der Waals surface area contributed by atoms with Gasteiger partial charge in [-0.1, -0.05) is 12.8 Å². The lowest BCUT2D eigenvalue weighted by atomic mass is 9.94. The first-order valence-corrected chi connectivity index (χ1v) is 7.60. The van der Waals surface area contributed by atoms with Crippen LogP contribution in [0.3, 0.4) is 0 Å². The van der Waals surface area contributed by atoms with Gasteiger partial charge >= 0.3 is 0 Å². The van der Waals surface area contributed by atoms with Crippen LogP contribution in [0.1, 0.15) is 38.5 Å². The Balaban J connectivity index is 2.13. The first-order valence-electron chi connectivity index (χ1n) is 5.87. The second-order valence-electron chi connectivity index (χ2n) is 4.73. The molecule has 1 aliphatic rings. The smallest absolute Gasteiger partial charge is 0.221 e. The molecule has 1 saturated carbocycles. The summed E-state index contributed by atoms with van der Waals surface area (Å²) in [6, 6.07) is 0. The minimum atomic E-state index is -0.769. The lowest BCUT2D eigenvalue weighted by Gasteiger charge is -2.22. The summed E-state index contributed by atoms with van der Waals surface area (Å²) < 4.78 is 10.8. The first kappa shape index (κ1) is 13.6. The van der Waals surface area contributed by atoms with Gasteiger partial charge in [0, 0.05) is 41.3 Å². The maximum Gasteiger partial charge on any atom is 0.221 e. The van der Waals surface area contributed by atoms with Crippen molar-refractivity contribution in [3.63, 3.8) is 0 Å². The molecular weight excluding hydrogens is 224 g/mol. The molecule has 1 aliphatic carbocycles. The zero-order valence-corrected chi connectivity index (χ0v) is 10.8. The predicted molar refractivity (Wildman–Crippen MR) is 66.6 cm³/mol. The van der Waals surface area contributed by atoms with E-state index in [9.17, 15) is 9.00 Å². The molecule has 94 valence electrons. The molecular formula is C11H22N2O2S. The summed E-state index contributed by atoms with van der Waals surface area (Å²) in [5, 5.41) is 2.84. The number of nitrogens with one attached hydrogen (secondary N) is 1. The minimum Gasteiger partial charge on any atom is -0.356 e. The highest BCUT2D eigenvalue weighted by Crippen LogP contribution is 2.29. The quantitative estimate of drug-likeness (QED) is 0.672. The Morgan fingerprint density at radius 2 is 2.06 bits per heavy atom. The van der Waals surface area contributed by atoms with Crippen molar-refractivity contribution >= 4 is 16.7 Å². The van der Waals surface area contributed by atoms with Crippen LogP contribution in [0.15, 0.2) is 0 Å². The van der Waals surface area contributed by atoms with Gasteiger partial charge in [-0.15, -0.1) is 0 Å². The van der Waals surface area contributed by atoms with Crippen LogP contribution in [-0.2, 0) is 15.6 Å². The van der Waals surface area contributed by atoms with Crippen molar-refractivity contribution in [2.75, 3.05) is 18.6 Å². The molecule has 1 atom stereocenters. The van der Waals surface area contributed by atoms with E-state index in [1.807, 2.05) is 0 Å². The van der Waals surface area contributed by atoms with Gasteiger partial charge in [0.2, 0.25) is 5.91 Å². The van der Waals surface area contributed by atoms with Crippen LogP contribution in [0.25, 0.3) is 0 Å². The highest BCUT2D eigenvalue weighted by molar-refractivity contribution is 7.84. The van der Waals surface area contributed by atoms with Crippen LogP contribution in [-0.4, -0.2) is 34.2 Å². The van der Waals surface area contributed by atoms with Crippen molar-refractivity contribution in [3.8, 4) is 0 Å². The average molecular weight is 246 g/mol. The summed E-state index contributed by atoms with van der Waals surface area (Å²) in [7, 11) is -0.769. The van der Waals surface area contributed by atoms with Gasteiger partial charge in [-0.3, -0.25) is 9.00 Å². The van der Waals surface area contributed by atoms with Crippen molar-refractivity contribution in [2.24, 2.45) is 5.73 Å². The maximum absolute atomic E-state index is 11.6. The Bertz CT molecular complexity index is 263. The van der Waals surface area contributed by atoms with Crippen LogP contribution in [0.2, 0.25) is 0 Å². The molecule has 5 heteroatoms. The van der Waals surface area contributed by atoms with Crippen LogP contribution in [0, 0.1) is 0 Å². The summed E-state index contributed by atoms with van der Waals surface area (Å²) >= 11 is 0. The fourth-order valence-electron chi connectivity index (χ4n) is 2.14. The molecule has 1 rings (SSSR count). The van der Waals surface area contributed by atoms with Crippen LogP contribution in [0.4, 0.5) is 0 Å². The third kappa shape index (κ3) is 5.07. The maximum atomic E-state index is 11.6. The van der Waals surface area contributed by atoms with Crippen molar-refractivity contribution in [1.82, 2.24) is 5.32 Å². The Morgan fingerprint density at radius 1 is 1.44 bits per heavy atom. The number of hydrogen-bond donors (Lipinski definition) is 2. The molecule has 0 heterocycles. The summed E-state index contributed by atoms with van der Waals surface area (Å²) in [5.41, 5.74) is 5.84. The molecule has 0 aliphatic heterocycles. The van der Waals surface area contributed by atoms with Gasteiger partial charge in [0.1, 0.15) is 0 Å². The second-order valence-corrected chi connectivity index (χ2v) is 6.28. The van der Waals surface area contributed by atoms with Gasteiger partial charge in [-0.25, -0.2) is 0 Å². The summed E-state index contributed by atoms with van der Waals surface area (Å²) in [4.78, 5) is 11.6. The van der Waals surface area contributed by atoms with E-state index in [1.54, 1.807) is 6.26 Å². The third-order valence-electron chi connectivity index (χ3n) is 3.04. The predicted octanol–water partition coefficient (Wildman–Crippen LogP) is 0.533. The summed E-state index contributed by atoms with van der Waals surface area (Å²) in [6.07, 6.45) is 7.07. The van der Waals surface area contributed by atoms with E-state index in [2.05, 4.69) is 5.32 Å². The van der Waals surface area contributed by atoms with E-state index in [1.165, 1.54) is 0 Å². The lowest BCUT2D eigenvalue weighted by molar-refractivity contribution is -0.122.